The highest BCUT2D eigenvalue weighted by molar-refractivity contribution is 5.97. The van der Waals surface area contributed by atoms with Crippen LogP contribution in [-0.4, -0.2) is 38.3 Å². The van der Waals surface area contributed by atoms with Crippen LogP contribution in [-0.2, 0) is 13.1 Å². The third-order valence-corrected chi connectivity index (χ3v) is 5.30. The van der Waals surface area contributed by atoms with Crippen LogP contribution in [0, 0.1) is 12.7 Å². The van der Waals surface area contributed by atoms with Gasteiger partial charge in [-0.05, 0) is 30.2 Å². The average molecular weight is 437 g/mol. The number of carbonyl (C=O) groups excluding carboxylic acids is 1. The molecule has 0 spiro atoms. The molecule has 2 N–H and O–H groups in total. The molecular formula is C23H20FN3O5. The highest BCUT2D eigenvalue weighted by Gasteiger charge is 2.34. The van der Waals surface area contributed by atoms with Crippen molar-refractivity contribution in [3.8, 4) is 5.75 Å². The van der Waals surface area contributed by atoms with Crippen molar-refractivity contribution < 1.29 is 24.2 Å². The lowest BCUT2D eigenvalue weighted by atomic mass is 10.1. The van der Waals surface area contributed by atoms with Crippen LogP contribution in [0.4, 0.5) is 4.39 Å². The van der Waals surface area contributed by atoms with Gasteiger partial charge in [-0.3, -0.25) is 19.3 Å². The second-order valence-electron chi connectivity index (χ2n) is 7.64. The van der Waals surface area contributed by atoms with Crippen LogP contribution in [0.2, 0.25) is 0 Å². The summed E-state index contributed by atoms with van der Waals surface area (Å²) in [5.41, 5.74) is 0.499. The molecule has 4 rings (SSSR count). The molecule has 0 fully saturated rings. The summed E-state index contributed by atoms with van der Waals surface area (Å²) in [5.74, 6) is -3.45. The highest BCUT2D eigenvalue weighted by atomic mass is 19.1. The number of hydrogen-bond donors (Lipinski definition) is 2. The van der Waals surface area contributed by atoms with E-state index >= 15 is 0 Å². The van der Waals surface area contributed by atoms with Gasteiger partial charge in [-0.1, -0.05) is 42.0 Å². The summed E-state index contributed by atoms with van der Waals surface area (Å²) in [7, 11) is 0. The van der Waals surface area contributed by atoms with E-state index in [1.807, 2.05) is 31.2 Å². The van der Waals surface area contributed by atoms with E-state index in [0.29, 0.717) is 5.56 Å². The summed E-state index contributed by atoms with van der Waals surface area (Å²) in [4.78, 5) is 38.5. The molecule has 0 saturated carbocycles. The van der Waals surface area contributed by atoms with E-state index in [4.69, 9.17) is 0 Å². The van der Waals surface area contributed by atoms with Crippen molar-refractivity contribution in [3.05, 3.63) is 98.7 Å². The first-order valence-corrected chi connectivity index (χ1v) is 9.81. The van der Waals surface area contributed by atoms with Gasteiger partial charge in [0.05, 0.1) is 6.54 Å². The van der Waals surface area contributed by atoms with Crippen molar-refractivity contribution in [2.24, 2.45) is 0 Å². The predicted molar refractivity (Wildman–Crippen MR) is 114 cm³/mol. The van der Waals surface area contributed by atoms with Gasteiger partial charge in [-0.25, -0.2) is 9.18 Å². The molecule has 0 aliphatic carbocycles. The fraction of sp³-hybridized carbons (Fsp3) is 0.174. The second-order valence-corrected chi connectivity index (χ2v) is 7.64. The number of carbonyl (C=O) groups is 2. The topological polar surface area (TPSA) is 103 Å². The Hall–Kier alpha value is -4.14. The fourth-order valence-electron chi connectivity index (χ4n) is 3.61. The van der Waals surface area contributed by atoms with Gasteiger partial charge in [0.2, 0.25) is 5.43 Å². The van der Waals surface area contributed by atoms with E-state index in [0.717, 1.165) is 17.3 Å². The smallest absolute Gasteiger partial charge is 0.341 e. The van der Waals surface area contributed by atoms with Crippen molar-refractivity contribution >= 4 is 11.9 Å². The Morgan fingerprint density at radius 2 is 1.59 bits per heavy atom. The molecule has 0 atom stereocenters. The summed E-state index contributed by atoms with van der Waals surface area (Å²) in [5, 5.41) is 21.4. The molecular weight excluding hydrogens is 417 g/mol. The van der Waals surface area contributed by atoms with E-state index in [1.54, 1.807) is 17.1 Å². The van der Waals surface area contributed by atoms with Gasteiger partial charge in [0.15, 0.2) is 11.4 Å². The van der Waals surface area contributed by atoms with Gasteiger partial charge in [0.25, 0.3) is 5.91 Å². The maximum absolute atomic E-state index is 13.3. The number of carboxylic acids is 1. The van der Waals surface area contributed by atoms with Crippen LogP contribution in [0.5, 0.6) is 5.75 Å². The van der Waals surface area contributed by atoms with Gasteiger partial charge in [0.1, 0.15) is 18.0 Å². The molecule has 0 unspecified atom stereocenters. The zero-order valence-electron chi connectivity index (χ0n) is 17.2. The Balaban J connectivity index is 1.78. The molecule has 0 radical (unpaired) electrons. The summed E-state index contributed by atoms with van der Waals surface area (Å²) in [6.45, 7) is 2.39. The van der Waals surface area contributed by atoms with Crippen LogP contribution in [0.15, 0.2) is 59.5 Å². The van der Waals surface area contributed by atoms with E-state index in [2.05, 4.69) is 0 Å². The Morgan fingerprint density at radius 1 is 1.00 bits per heavy atom. The number of amides is 1. The van der Waals surface area contributed by atoms with Gasteiger partial charge in [-0.2, -0.15) is 0 Å². The van der Waals surface area contributed by atoms with Crippen molar-refractivity contribution in [3.63, 3.8) is 0 Å². The molecule has 2 aromatic carbocycles. The Bertz CT molecular complexity index is 1250. The second kappa shape index (κ2) is 8.18. The van der Waals surface area contributed by atoms with Gasteiger partial charge in [0, 0.05) is 12.7 Å². The van der Waals surface area contributed by atoms with Crippen LogP contribution >= 0.6 is 0 Å². The van der Waals surface area contributed by atoms with Crippen LogP contribution in [0.1, 0.15) is 37.5 Å². The molecule has 0 bridgehead atoms. The first-order valence-electron chi connectivity index (χ1n) is 9.81. The van der Waals surface area contributed by atoms with Crippen LogP contribution in [0.25, 0.3) is 0 Å². The van der Waals surface area contributed by atoms with E-state index < -0.39 is 34.4 Å². The number of aryl methyl sites for hydroxylation is 1. The number of halogens is 1. The number of carboxylic acid groups (broad SMARTS) is 1. The lowest BCUT2D eigenvalue weighted by Gasteiger charge is -2.40. The maximum atomic E-state index is 13.3. The number of aromatic hydroxyl groups is 1. The largest absolute Gasteiger partial charge is 0.502 e. The molecule has 32 heavy (non-hydrogen) atoms. The number of rotatable bonds is 5. The van der Waals surface area contributed by atoms with E-state index in [9.17, 15) is 29.0 Å². The normalized spacial score (nSPS) is 13.2. The quantitative estimate of drug-likeness (QED) is 0.636. The summed E-state index contributed by atoms with van der Waals surface area (Å²) in [6, 6.07) is 13.3. The molecule has 164 valence electrons. The first kappa shape index (κ1) is 21.1. The van der Waals surface area contributed by atoms with Gasteiger partial charge in [-0.15, -0.1) is 0 Å². The minimum absolute atomic E-state index is 0.0540. The predicted octanol–water partition coefficient (Wildman–Crippen LogP) is 2.45. The highest BCUT2D eigenvalue weighted by Crippen LogP contribution is 2.24. The number of aromatic nitrogens is 1. The fourth-order valence-corrected chi connectivity index (χ4v) is 3.61. The van der Waals surface area contributed by atoms with Crippen molar-refractivity contribution in [2.75, 3.05) is 11.7 Å². The minimum Gasteiger partial charge on any atom is -0.502 e. The summed E-state index contributed by atoms with van der Waals surface area (Å²) in [6.07, 6.45) is 1.03. The average Bonchev–Trinajstić information content (AvgIpc) is 2.76. The number of benzene rings is 2. The summed E-state index contributed by atoms with van der Waals surface area (Å²) < 4.78 is 14.5. The number of hydrogen-bond acceptors (Lipinski definition) is 5. The molecule has 1 aliphatic rings. The Labute approximate surface area is 182 Å². The number of aromatic carboxylic acids is 1. The van der Waals surface area contributed by atoms with Crippen molar-refractivity contribution in [1.29, 1.82) is 0 Å². The van der Waals surface area contributed by atoms with E-state index in [-0.39, 0.29) is 25.5 Å². The molecule has 0 saturated heterocycles. The zero-order valence-corrected chi connectivity index (χ0v) is 17.2. The standard InChI is InChI=1S/C23H20FN3O5/c1-14-2-4-15(5-3-14)10-25-13-26(11-16-6-8-17(24)9-7-16)27-12-18(23(31)32)20(28)21(29)19(27)22(25)30/h2-9,12,29H,10-11,13H2,1H3,(H,31,32). The number of fused-ring (bicyclic) bond motifs is 1. The zero-order chi connectivity index (χ0) is 23.0. The first-order chi connectivity index (χ1) is 15.2. The third-order valence-electron chi connectivity index (χ3n) is 5.30. The maximum Gasteiger partial charge on any atom is 0.341 e. The molecule has 8 nitrogen and oxygen atoms in total. The minimum atomic E-state index is -1.52. The van der Waals surface area contributed by atoms with E-state index in [1.165, 1.54) is 21.7 Å². The molecule has 1 amide bonds. The molecule has 2 heterocycles. The SMILES string of the molecule is Cc1ccc(CN2CN(Cc3ccc(F)cc3)n3cc(C(=O)O)c(=O)c(O)c3C2=O)cc1. The summed E-state index contributed by atoms with van der Waals surface area (Å²) >= 11 is 0. The molecule has 3 aromatic rings. The lowest BCUT2D eigenvalue weighted by molar-refractivity contribution is 0.0654. The monoisotopic (exact) mass is 437 g/mol. The van der Waals surface area contributed by atoms with Crippen molar-refractivity contribution in [2.45, 2.75) is 20.0 Å². The van der Waals surface area contributed by atoms with Crippen LogP contribution in [0.3, 0.4) is 0 Å². The van der Waals surface area contributed by atoms with Crippen molar-refractivity contribution in [1.82, 2.24) is 9.58 Å². The lowest BCUT2D eigenvalue weighted by Crippen LogP contribution is -2.53. The van der Waals surface area contributed by atoms with Crippen LogP contribution < -0.4 is 10.4 Å². The Kier molecular flexibility index (Phi) is 5.40. The molecule has 1 aliphatic heterocycles. The van der Waals surface area contributed by atoms with Gasteiger partial charge >= 0.3 is 5.97 Å². The Morgan fingerprint density at radius 3 is 2.22 bits per heavy atom. The molecule has 1 aromatic heterocycles. The number of nitrogens with zero attached hydrogens (tertiary/aromatic N) is 3. The van der Waals surface area contributed by atoms with Gasteiger partial charge < -0.3 is 15.1 Å². The molecule has 9 heteroatoms. The number of pyridine rings is 1. The third kappa shape index (κ3) is 3.92.